The minimum Gasteiger partial charge on any atom is -0.455 e. The van der Waals surface area contributed by atoms with E-state index in [-0.39, 0.29) is 35.4 Å². The van der Waals surface area contributed by atoms with Crippen molar-refractivity contribution < 1.29 is 27.8 Å². The van der Waals surface area contributed by atoms with Crippen LogP contribution < -0.4 is 5.69 Å². The molecule has 1 N–H and O–H groups in total. The quantitative estimate of drug-likeness (QED) is 0.310. The molecule has 0 aliphatic rings. The Morgan fingerprint density at radius 1 is 1.10 bits per heavy atom. The number of hydrogen-bond donors (Lipinski definition) is 1. The summed E-state index contributed by atoms with van der Waals surface area (Å²) in [6, 6.07) is 9.02. The fourth-order valence-electron chi connectivity index (χ4n) is 3.59. The number of carbonyl (C=O) groups is 1. The molecule has 0 radical (unpaired) electrons. The molecule has 1 aromatic carbocycles. The summed E-state index contributed by atoms with van der Waals surface area (Å²) in [4.78, 5) is 33.3. The lowest BCUT2D eigenvalue weighted by Crippen LogP contribution is -2.37. The molecule has 4 rings (SSSR count). The lowest BCUT2D eigenvalue weighted by atomic mass is 10.2. The molecule has 2 atom stereocenters. The Labute approximate surface area is 228 Å². The predicted octanol–water partition coefficient (Wildman–Crippen LogP) is 3.59. The van der Waals surface area contributed by atoms with Gasteiger partial charge in [-0.15, -0.1) is 10.2 Å². The third-order valence-electron chi connectivity index (χ3n) is 5.36. The summed E-state index contributed by atoms with van der Waals surface area (Å²) in [5.41, 5.74) is -0.656. The molecule has 4 aromatic rings. The molecular weight excluding hydrogens is 566 g/mol. The number of alkyl halides is 3. The summed E-state index contributed by atoms with van der Waals surface area (Å²) in [5, 5.41) is 18.9. The third-order valence-corrected chi connectivity index (χ3v) is 5.84. The summed E-state index contributed by atoms with van der Waals surface area (Å²) in [6.45, 7) is 1.32. The Balaban J connectivity index is 1.77. The first-order valence-corrected chi connectivity index (χ1v) is 12.0. The van der Waals surface area contributed by atoms with Crippen molar-refractivity contribution >= 4 is 29.2 Å². The van der Waals surface area contributed by atoms with Gasteiger partial charge in [-0.3, -0.25) is 9.36 Å². The molecule has 39 heavy (non-hydrogen) atoms. The Hall–Kier alpha value is -3.75. The Kier molecular flexibility index (Phi) is 8.09. The number of hydrogen-bond acceptors (Lipinski definition) is 8. The van der Waals surface area contributed by atoms with Gasteiger partial charge in [0.25, 0.3) is 0 Å². The SMILES string of the molecule is CC(=O)O[C@H](C)c1nc(Cn2nc(-c3ccc(Cl)cc3)n(C[C@H](O)C(F)(F)F)c2=O)nn1-c1ccc(Cl)cn1. The van der Waals surface area contributed by atoms with Gasteiger partial charge in [0, 0.05) is 23.7 Å². The molecule has 0 fully saturated rings. The van der Waals surface area contributed by atoms with Gasteiger partial charge < -0.3 is 9.84 Å². The fraction of sp³-hybridized carbons (Fsp3) is 0.304. The van der Waals surface area contributed by atoms with Crippen LogP contribution in [0, 0.1) is 0 Å². The Morgan fingerprint density at radius 3 is 2.36 bits per heavy atom. The Morgan fingerprint density at radius 2 is 1.77 bits per heavy atom. The van der Waals surface area contributed by atoms with E-state index in [1.54, 1.807) is 19.1 Å². The molecule has 0 bridgehead atoms. The standard InChI is InChI=1S/C23H20Cl2F3N7O4/c1-12(39-13(2)36)20-30-18(31-35(20)19-8-7-16(25)9-29-19)11-34-22(38)33(10-17(37)23(26,27)28)21(32-34)14-3-5-15(24)6-4-14/h3-9,12,17,37H,10-11H2,1-2H3/t12-,17+/m1/s1. The summed E-state index contributed by atoms with van der Waals surface area (Å²) in [6.07, 6.45) is -7.29. The monoisotopic (exact) mass is 585 g/mol. The van der Waals surface area contributed by atoms with Crippen LogP contribution in [0.25, 0.3) is 17.2 Å². The van der Waals surface area contributed by atoms with Crippen LogP contribution in [0.3, 0.4) is 0 Å². The molecule has 0 aliphatic heterocycles. The van der Waals surface area contributed by atoms with Crippen LogP contribution in [0.15, 0.2) is 47.4 Å². The van der Waals surface area contributed by atoms with Crippen molar-refractivity contribution in [2.75, 3.05) is 0 Å². The Bertz CT molecular complexity index is 1530. The van der Waals surface area contributed by atoms with Gasteiger partial charge in [-0.05, 0) is 43.3 Å². The van der Waals surface area contributed by atoms with Gasteiger partial charge in [0.1, 0.15) is 6.54 Å². The maximum Gasteiger partial charge on any atom is 0.416 e. The van der Waals surface area contributed by atoms with Crippen LogP contribution in [0.2, 0.25) is 10.0 Å². The number of aromatic nitrogens is 7. The van der Waals surface area contributed by atoms with Gasteiger partial charge in [-0.1, -0.05) is 23.2 Å². The topological polar surface area (TPSA) is 130 Å². The van der Waals surface area contributed by atoms with Gasteiger partial charge in [-0.25, -0.2) is 19.4 Å². The van der Waals surface area contributed by atoms with Crippen LogP contribution >= 0.6 is 23.2 Å². The van der Waals surface area contributed by atoms with E-state index >= 15 is 0 Å². The number of aliphatic hydroxyl groups is 1. The molecule has 0 saturated carbocycles. The minimum atomic E-state index is -4.97. The molecule has 0 aliphatic carbocycles. The van der Waals surface area contributed by atoms with E-state index in [2.05, 4.69) is 20.2 Å². The zero-order valence-corrected chi connectivity index (χ0v) is 21.8. The number of rotatable bonds is 8. The molecule has 0 amide bonds. The van der Waals surface area contributed by atoms with Crippen LogP contribution in [-0.4, -0.2) is 57.5 Å². The van der Waals surface area contributed by atoms with Crippen molar-refractivity contribution in [1.29, 1.82) is 0 Å². The summed E-state index contributed by atoms with van der Waals surface area (Å²) >= 11 is 11.8. The molecule has 0 spiro atoms. The van der Waals surface area contributed by atoms with Crippen LogP contribution in [-0.2, 0) is 22.6 Å². The molecule has 3 aromatic heterocycles. The largest absolute Gasteiger partial charge is 0.455 e. The van der Waals surface area contributed by atoms with Gasteiger partial charge in [0.2, 0.25) is 0 Å². The molecule has 11 nitrogen and oxygen atoms in total. The first-order valence-electron chi connectivity index (χ1n) is 11.3. The van der Waals surface area contributed by atoms with E-state index in [9.17, 15) is 27.9 Å². The van der Waals surface area contributed by atoms with Crippen LogP contribution in [0.5, 0.6) is 0 Å². The summed E-state index contributed by atoms with van der Waals surface area (Å²) < 4.78 is 47.5. The van der Waals surface area contributed by atoms with Gasteiger partial charge in [0.05, 0.1) is 11.6 Å². The second-order valence-corrected chi connectivity index (χ2v) is 9.20. The lowest BCUT2D eigenvalue weighted by molar-refractivity contribution is -0.207. The van der Waals surface area contributed by atoms with E-state index in [0.29, 0.717) is 14.6 Å². The van der Waals surface area contributed by atoms with Crippen molar-refractivity contribution in [3.05, 3.63) is 74.8 Å². The van der Waals surface area contributed by atoms with Crippen molar-refractivity contribution in [3.63, 3.8) is 0 Å². The second-order valence-electron chi connectivity index (χ2n) is 8.32. The van der Waals surface area contributed by atoms with Crippen molar-refractivity contribution in [3.8, 4) is 17.2 Å². The molecule has 206 valence electrons. The molecule has 3 heterocycles. The van der Waals surface area contributed by atoms with E-state index in [4.69, 9.17) is 27.9 Å². The number of carbonyl (C=O) groups excluding carboxylic acids is 1. The average molecular weight is 586 g/mol. The summed E-state index contributed by atoms with van der Waals surface area (Å²) in [7, 11) is 0. The number of nitrogens with zero attached hydrogens (tertiary/aromatic N) is 7. The highest BCUT2D eigenvalue weighted by atomic mass is 35.5. The van der Waals surface area contributed by atoms with Crippen LogP contribution in [0.1, 0.15) is 31.6 Å². The molecule has 0 unspecified atom stereocenters. The van der Waals surface area contributed by atoms with Crippen LogP contribution in [0.4, 0.5) is 13.2 Å². The van der Waals surface area contributed by atoms with Gasteiger partial charge >= 0.3 is 17.8 Å². The van der Waals surface area contributed by atoms with Gasteiger partial charge in [0.15, 0.2) is 35.5 Å². The normalized spacial score (nSPS) is 13.3. The maximum absolute atomic E-state index is 13.2. The number of pyridine rings is 1. The number of benzene rings is 1. The summed E-state index contributed by atoms with van der Waals surface area (Å²) in [5.74, 6) is -0.250. The second kappa shape index (κ2) is 11.2. The van der Waals surface area contributed by atoms with Crippen molar-refractivity contribution in [2.45, 2.75) is 45.3 Å². The minimum absolute atomic E-state index is 0.0199. The van der Waals surface area contributed by atoms with E-state index in [1.165, 1.54) is 42.1 Å². The van der Waals surface area contributed by atoms with Crippen molar-refractivity contribution in [1.82, 2.24) is 34.1 Å². The number of ether oxygens (including phenoxy) is 1. The fourth-order valence-corrected chi connectivity index (χ4v) is 3.83. The zero-order valence-electron chi connectivity index (χ0n) is 20.3. The maximum atomic E-state index is 13.2. The molecular formula is C23H20Cl2F3N7O4. The first-order chi connectivity index (χ1) is 18.3. The zero-order chi connectivity index (χ0) is 28.5. The van der Waals surface area contributed by atoms with E-state index in [0.717, 1.165) is 4.68 Å². The van der Waals surface area contributed by atoms with Gasteiger partial charge in [-0.2, -0.15) is 17.9 Å². The van der Waals surface area contributed by atoms with E-state index in [1.807, 2.05) is 0 Å². The van der Waals surface area contributed by atoms with E-state index < -0.39 is 36.6 Å². The highest BCUT2D eigenvalue weighted by Crippen LogP contribution is 2.24. The van der Waals surface area contributed by atoms with Crippen molar-refractivity contribution in [2.24, 2.45) is 0 Å². The predicted molar refractivity (Wildman–Crippen MR) is 132 cm³/mol. The molecule has 0 saturated heterocycles. The highest BCUT2D eigenvalue weighted by molar-refractivity contribution is 6.30. The lowest BCUT2D eigenvalue weighted by Gasteiger charge is -2.15. The highest BCUT2D eigenvalue weighted by Gasteiger charge is 2.39. The molecule has 16 heteroatoms. The third kappa shape index (κ3) is 6.46. The smallest absolute Gasteiger partial charge is 0.416 e. The number of aliphatic hydroxyl groups excluding tert-OH is 1. The average Bonchev–Trinajstić information content (AvgIpc) is 3.41. The number of esters is 1. The first kappa shape index (κ1) is 28.3. The number of halogens is 5.